The summed E-state index contributed by atoms with van der Waals surface area (Å²) in [7, 11) is 0. The van der Waals surface area contributed by atoms with Crippen molar-refractivity contribution in [2.45, 2.75) is 298 Å². The van der Waals surface area contributed by atoms with Crippen LogP contribution >= 0.6 is 0 Å². The predicted molar refractivity (Wildman–Crippen MR) is 293 cm³/mol. The molecule has 0 fully saturated rings. The third-order valence-corrected chi connectivity index (χ3v) is 14.3. The van der Waals surface area contributed by atoms with Gasteiger partial charge in [-0.15, -0.1) is 0 Å². The van der Waals surface area contributed by atoms with E-state index in [1.54, 1.807) is 4.70 Å². The van der Waals surface area contributed by atoms with Gasteiger partial charge in [0, 0.05) is 23.1 Å². The lowest BCUT2D eigenvalue weighted by Crippen LogP contribution is -2.05. The molecule has 2 nitrogen and oxygen atoms in total. The maximum atomic E-state index is 12.7. The summed E-state index contributed by atoms with van der Waals surface area (Å²) >= 11 is 0. The van der Waals surface area contributed by atoms with Gasteiger partial charge in [-0.2, -0.15) is 0 Å². The molecule has 1 aliphatic heterocycles. The second-order valence-electron chi connectivity index (χ2n) is 20.6. The van der Waals surface area contributed by atoms with Gasteiger partial charge in [-0.3, -0.25) is 0 Å². The van der Waals surface area contributed by atoms with Crippen molar-refractivity contribution < 1.29 is 4.70 Å². The van der Waals surface area contributed by atoms with E-state index in [2.05, 4.69) is 89.8 Å². The van der Waals surface area contributed by atoms with E-state index in [0.29, 0.717) is 0 Å². The summed E-state index contributed by atoms with van der Waals surface area (Å²) in [4.78, 5) is 0. The average molecular weight is 902 g/mol. The van der Waals surface area contributed by atoms with Crippen LogP contribution in [0.4, 0.5) is 0 Å². The lowest BCUT2D eigenvalue weighted by atomic mass is 9.92. The van der Waals surface area contributed by atoms with E-state index >= 15 is 0 Å². The van der Waals surface area contributed by atoms with E-state index in [4.69, 9.17) is 0 Å². The molecule has 0 saturated heterocycles. The summed E-state index contributed by atoms with van der Waals surface area (Å²) < 4.78 is 1.60. The van der Waals surface area contributed by atoms with E-state index < -0.39 is 0 Å². The zero-order valence-corrected chi connectivity index (χ0v) is 44.6. The molecular weight excluding hydrogens is 797 g/mol. The molecule has 1 aliphatic rings. The van der Waals surface area contributed by atoms with Crippen LogP contribution in [0.25, 0.3) is 16.9 Å². The number of rotatable bonds is 41. The van der Waals surface area contributed by atoms with Crippen LogP contribution in [0, 0.1) is 11.8 Å². The quantitative estimate of drug-likeness (QED) is 0.0361. The normalized spacial score (nSPS) is 12.8. The molecule has 1 heterocycles. The standard InChI is InChI=1S/C64H104N2/c1-7-13-19-20-21-22-23-24-25-26-27-28-29-30-31-32-33-34-35-36-37-38-42-48-62-61(47-41-16-10-4)63(59-51-55(43-17-11-5)49-56(52-59)44-18-12-6)66(65)64(62)60-53-57(45-39-14-8-2)50-58(54-60)46-40-15-9-3/h49-54H,7-41,43-47H2,1-6H3. The zero-order valence-electron chi connectivity index (χ0n) is 44.6. The Kier molecular flexibility index (Phi) is 33.0. The van der Waals surface area contributed by atoms with Crippen molar-refractivity contribution in [1.29, 1.82) is 0 Å². The molecule has 2 aromatic carbocycles. The van der Waals surface area contributed by atoms with Gasteiger partial charge in [-0.1, -0.05) is 245 Å². The molecule has 0 radical (unpaired) electrons. The highest BCUT2D eigenvalue weighted by molar-refractivity contribution is 5.86. The maximum Gasteiger partial charge on any atom is 0.223 e. The van der Waals surface area contributed by atoms with Crippen molar-refractivity contribution >= 4 is 11.4 Å². The molecule has 0 saturated carbocycles. The number of benzene rings is 2. The molecule has 0 aromatic heterocycles. The van der Waals surface area contributed by atoms with Gasteiger partial charge >= 0.3 is 0 Å². The molecule has 0 aliphatic carbocycles. The molecule has 2 heteroatoms. The first-order chi connectivity index (χ1) is 32.5. The van der Waals surface area contributed by atoms with Crippen LogP contribution in [-0.2, 0) is 25.7 Å². The van der Waals surface area contributed by atoms with Crippen LogP contribution in [0.2, 0.25) is 0 Å². The lowest BCUT2D eigenvalue weighted by Gasteiger charge is -2.14. The summed E-state index contributed by atoms with van der Waals surface area (Å²) in [5, 5.41) is 0. The first-order valence-electron chi connectivity index (χ1n) is 29.2. The first kappa shape index (κ1) is 57.4. The highest BCUT2D eigenvalue weighted by Crippen LogP contribution is 2.43. The van der Waals surface area contributed by atoms with Crippen LogP contribution in [0.1, 0.15) is 306 Å². The van der Waals surface area contributed by atoms with Crippen LogP contribution in [0.5, 0.6) is 0 Å². The SMILES string of the molecule is CCCCCCCCCCCCCCCCCCCCCCCC#CC1=C(c2cc(CCCCC)cc(CCCCC)c2)[N+](=[N-])C(c2cc(CCCC)cc(CCCC)c2)=C1CCCCC. The molecule has 2 aromatic rings. The summed E-state index contributed by atoms with van der Waals surface area (Å²) in [6.45, 7) is 13.8. The van der Waals surface area contributed by atoms with Crippen LogP contribution < -0.4 is 0 Å². The fourth-order valence-corrected chi connectivity index (χ4v) is 10.2. The average Bonchev–Trinajstić information content (AvgIpc) is 3.60. The largest absolute Gasteiger partial charge is 0.493 e. The topological polar surface area (TPSA) is 25.3 Å². The van der Waals surface area contributed by atoms with Gasteiger partial charge in [0.2, 0.25) is 11.4 Å². The van der Waals surface area contributed by atoms with Gasteiger partial charge in [0.05, 0.1) is 0 Å². The highest BCUT2D eigenvalue weighted by Gasteiger charge is 2.36. The molecular formula is C64H104N2. The lowest BCUT2D eigenvalue weighted by molar-refractivity contribution is -0.345. The molecule has 0 N–H and O–H groups in total. The Bertz CT molecular complexity index is 1660. The van der Waals surface area contributed by atoms with Crippen molar-refractivity contribution in [3.63, 3.8) is 0 Å². The predicted octanol–water partition coefficient (Wildman–Crippen LogP) is 21.2. The van der Waals surface area contributed by atoms with E-state index in [1.165, 1.54) is 239 Å². The molecule has 3 rings (SSSR count). The van der Waals surface area contributed by atoms with Gasteiger partial charge in [0.25, 0.3) is 0 Å². The number of allylic oxidation sites excluding steroid dienone is 2. The van der Waals surface area contributed by atoms with E-state index in [-0.39, 0.29) is 0 Å². The van der Waals surface area contributed by atoms with Crippen molar-refractivity contribution in [3.8, 4) is 11.8 Å². The minimum Gasteiger partial charge on any atom is -0.493 e. The number of hydrogen-bond donors (Lipinski definition) is 0. The molecule has 0 spiro atoms. The second kappa shape index (κ2) is 38.0. The van der Waals surface area contributed by atoms with E-state index in [1.807, 2.05) is 0 Å². The minimum absolute atomic E-state index is 0.922. The van der Waals surface area contributed by atoms with Crippen molar-refractivity contribution in [2.75, 3.05) is 0 Å². The Morgan fingerprint density at radius 1 is 0.333 bits per heavy atom. The van der Waals surface area contributed by atoms with Gasteiger partial charge in [0.1, 0.15) is 5.57 Å². The Morgan fingerprint density at radius 3 is 1.02 bits per heavy atom. The monoisotopic (exact) mass is 901 g/mol. The van der Waals surface area contributed by atoms with Crippen LogP contribution in [0.15, 0.2) is 47.5 Å². The fourth-order valence-electron chi connectivity index (χ4n) is 10.2. The molecule has 0 atom stereocenters. The number of hydrogen-bond acceptors (Lipinski definition) is 0. The summed E-state index contributed by atoms with van der Waals surface area (Å²) in [5.74, 6) is 7.52. The van der Waals surface area contributed by atoms with E-state index in [0.717, 1.165) is 73.9 Å². The molecule has 0 bridgehead atoms. The van der Waals surface area contributed by atoms with E-state index in [9.17, 15) is 5.53 Å². The minimum atomic E-state index is 0.922. The Morgan fingerprint density at radius 2 is 0.636 bits per heavy atom. The fraction of sp³-hybridized carbons (Fsp3) is 0.719. The second-order valence-corrected chi connectivity index (χ2v) is 20.6. The summed E-state index contributed by atoms with van der Waals surface area (Å²) in [6.07, 6.45) is 51.3. The third kappa shape index (κ3) is 23.4. The van der Waals surface area contributed by atoms with Crippen molar-refractivity contribution in [2.24, 2.45) is 0 Å². The van der Waals surface area contributed by atoms with Gasteiger partial charge < -0.3 is 5.53 Å². The highest BCUT2D eigenvalue weighted by atomic mass is 15.2. The van der Waals surface area contributed by atoms with Crippen LogP contribution in [0.3, 0.4) is 0 Å². The first-order valence-corrected chi connectivity index (χ1v) is 29.2. The smallest absolute Gasteiger partial charge is 0.223 e. The van der Waals surface area contributed by atoms with Crippen molar-refractivity contribution in [3.05, 3.63) is 86.5 Å². The Labute approximate surface area is 411 Å². The molecule has 0 unspecified atom stereocenters. The Hall–Kier alpha value is -2.92. The molecule has 0 amide bonds. The van der Waals surface area contributed by atoms with Gasteiger partial charge in [-0.25, -0.2) is 4.70 Å². The Balaban J connectivity index is 1.72. The van der Waals surface area contributed by atoms with Crippen molar-refractivity contribution in [1.82, 2.24) is 0 Å². The van der Waals surface area contributed by atoms with Gasteiger partial charge in [0.15, 0.2) is 0 Å². The zero-order chi connectivity index (χ0) is 47.3. The number of unbranched alkanes of at least 4 members (excludes halogenated alkanes) is 29. The summed E-state index contributed by atoms with van der Waals surface area (Å²) in [5.41, 5.74) is 24.9. The molecule has 370 valence electrons. The summed E-state index contributed by atoms with van der Waals surface area (Å²) in [6, 6.07) is 14.5. The number of nitrogens with zero attached hydrogens (tertiary/aromatic N) is 2. The number of aryl methyl sites for hydroxylation is 4. The van der Waals surface area contributed by atoms with Gasteiger partial charge in [-0.05, 0) is 117 Å². The van der Waals surface area contributed by atoms with Crippen LogP contribution in [-0.4, -0.2) is 4.70 Å². The molecule has 66 heavy (non-hydrogen) atoms. The maximum absolute atomic E-state index is 12.7. The third-order valence-electron chi connectivity index (χ3n) is 14.3.